The molecular weight excluding hydrogens is 258 g/mol. The van der Waals surface area contributed by atoms with Gasteiger partial charge in [0, 0.05) is 24.3 Å². The molecule has 0 aliphatic carbocycles. The predicted octanol–water partition coefficient (Wildman–Crippen LogP) is 3.83. The third kappa shape index (κ3) is 2.45. The van der Waals surface area contributed by atoms with Gasteiger partial charge in [-0.15, -0.1) is 0 Å². The number of hydrogen-bond donors (Lipinski definition) is 1. The molecule has 0 unspecified atom stereocenters. The summed E-state index contributed by atoms with van der Waals surface area (Å²) >= 11 is 0. The van der Waals surface area contributed by atoms with Gasteiger partial charge in [0.2, 0.25) is 0 Å². The van der Waals surface area contributed by atoms with E-state index in [4.69, 9.17) is 0 Å². The van der Waals surface area contributed by atoms with Gasteiger partial charge in [-0.05, 0) is 60.8 Å². The second-order valence-electron chi connectivity index (χ2n) is 5.78. The molecule has 0 bridgehead atoms. The molecule has 4 rings (SSSR count). The molecule has 21 heavy (non-hydrogen) atoms. The highest BCUT2D eigenvalue weighted by Gasteiger charge is 2.12. The van der Waals surface area contributed by atoms with Crippen molar-refractivity contribution in [3.05, 3.63) is 54.4 Å². The van der Waals surface area contributed by atoms with Crippen LogP contribution in [0.25, 0.3) is 22.2 Å². The Balaban J connectivity index is 1.70. The number of benzene rings is 1. The van der Waals surface area contributed by atoms with Crippen LogP contribution in [0.1, 0.15) is 18.4 Å². The summed E-state index contributed by atoms with van der Waals surface area (Å²) in [6.45, 7) is 3.54. The quantitative estimate of drug-likeness (QED) is 0.789. The van der Waals surface area contributed by atoms with Crippen LogP contribution in [0.5, 0.6) is 0 Å². The number of aromatic nitrogens is 2. The van der Waals surface area contributed by atoms with E-state index < -0.39 is 0 Å². The first-order chi connectivity index (χ1) is 10.4. The molecule has 3 heterocycles. The van der Waals surface area contributed by atoms with Gasteiger partial charge in [-0.1, -0.05) is 18.2 Å². The predicted molar refractivity (Wildman–Crippen MR) is 86.0 cm³/mol. The fourth-order valence-electron chi connectivity index (χ4n) is 3.25. The van der Waals surface area contributed by atoms with Gasteiger partial charge in [0.05, 0.1) is 0 Å². The highest BCUT2D eigenvalue weighted by atomic mass is 15.1. The molecule has 3 aromatic rings. The average molecular weight is 277 g/mol. The van der Waals surface area contributed by atoms with Gasteiger partial charge in [-0.2, -0.15) is 0 Å². The van der Waals surface area contributed by atoms with E-state index in [0.29, 0.717) is 0 Å². The van der Waals surface area contributed by atoms with Crippen molar-refractivity contribution in [3.8, 4) is 11.1 Å². The average Bonchev–Trinajstić information content (AvgIpc) is 3.18. The number of pyridine rings is 1. The summed E-state index contributed by atoms with van der Waals surface area (Å²) in [4.78, 5) is 10.1. The first-order valence-corrected chi connectivity index (χ1v) is 7.64. The summed E-state index contributed by atoms with van der Waals surface area (Å²) in [5.74, 6) is 0. The Labute approximate surface area is 124 Å². The molecule has 2 aromatic heterocycles. The summed E-state index contributed by atoms with van der Waals surface area (Å²) in [7, 11) is 0. The summed E-state index contributed by atoms with van der Waals surface area (Å²) < 4.78 is 0. The van der Waals surface area contributed by atoms with Gasteiger partial charge in [-0.25, -0.2) is 4.98 Å². The van der Waals surface area contributed by atoms with Gasteiger partial charge in [0.1, 0.15) is 5.65 Å². The Morgan fingerprint density at radius 1 is 1.10 bits per heavy atom. The lowest BCUT2D eigenvalue weighted by molar-refractivity contribution is 0.331. The van der Waals surface area contributed by atoms with E-state index in [-0.39, 0.29) is 0 Å². The van der Waals surface area contributed by atoms with Crippen LogP contribution in [0.4, 0.5) is 0 Å². The fourth-order valence-corrected chi connectivity index (χ4v) is 3.25. The maximum atomic E-state index is 4.37. The fraction of sp³-hybridized carbons (Fsp3) is 0.278. The summed E-state index contributed by atoms with van der Waals surface area (Å²) in [5, 5.41) is 1.19. The van der Waals surface area contributed by atoms with Crippen molar-refractivity contribution in [1.82, 2.24) is 14.9 Å². The maximum absolute atomic E-state index is 4.37. The number of nitrogens with zero attached hydrogens (tertiary/aromatic N) is 2. The molecule has 1 aliphatic rings. The number of H-pyrrole nitrogens is 1. The van der Waals surface area contributed by atoms with Gasteiger partial charge < -0.3 is 4.98 Å². The van der Waals surface area contributed by atoms with Crippen LogP contribution >= 0.6 is 0 Å². The van der Waals surface area contributed by atoms with E-state index in [9.17, 15) is 0 Å². The SMILES string of the molecule is c1cc(CN2CCCC2)cc(-c2ccnc3[nH]ccc23)c1. The minimum absolute atomic E-state index is 0.956. The van der Waals surface area contributed by atoms with E-state index in [1.807, 2.05) is 12.4 Å². The second-order valence-corrected chi connectivity index (χ2v) is 5.78. The zero-order valence-electron chi connectivity index (χ0n) is 12.0. The van der Waals surface area contributed by atoms with Gasteiger partial charge in [-0.3, -0.25) is 4.90 Å². The molecule has 106 valence electrons. The largest absolute Gasteiger partial charge is 0.346 e. The Morgan fingerprint density at radius 3 is 2.90 bits per heavy atom. The van der Waals surface area contributed by atoms with Gasteiger partial charge in [0.15, 0.2) is 0 Å². The van der Waals surface area contributed by atoms with Crippen molar-refractivity contribution in [2.45, 2.75) is 19.4 Å². The Hall–Kier alpha value is -2.13. The summed E-state index contributed by atoms with van der Waals surface area (Å²) in [5.41, 5.74) is 4.88. The van der Waals surface area contributed by atoms with Crippen LogP contribution < -0.4 is 0 Å². The van der Waals surface area contributed by atoms with E-state index in [0.717, 1.165) is 12.2 Å². The Morgan fingerprint density at radius 2 is 2.00 bits per heavy atom. The third-order valence-electron chi connectivity index (χ3n) is 4.30. The van der Waals surface area contributed by atoms with Gasteiger partial charge >= 0.3 is 0 Å². The zero-order chi connectivity index (χ0) is 14.1. The van der Waals surface area contributed by atoms with E-state index in [1.54, 1.807) is 0 Å². The Bertz CT molecular complexity index is 754. The highest BCUT2D eigenvalue weighted by Crippen LogP contribution is 2.28. The van der Waals surface area contributed by atoms with Crippen molar-refractivity contribution in [1.29, 1.82) is 0 Å². The summed E-state index contributed by atoms with van der Waals surface area (Å²) in [6.07, 6.45) is 6.51. The van der Waals surface area contributed by atoms with Crippen molar-refractivity contribution < 1.29 is 0 Å². The number of fused-ring (bicyclic) bond motifs is 1. The van der Waals surface area contributed by atoms with Crippen molar-refractivity contribution in [3.63, 3.8) is 0 Å². The molecular formula is C18H19N3. The molecule has 1 N–H and O–H groups in total. The Kier molecular flexibility index (Phi) is 3.20. The highest BCUT2D eigenvalue weighted by molar-refractivity contribution is 5.92. The second kappa shape index (κ2) is 5.34. The normalized spacial score (nSPS) is 15.8. The number of nitrogens with one attached hydrogen (secondary N) is 1. The maximum Gasteiger partial charge on any atom is 0.137 e. The lowest BCUT2D eigenvalue weighted by Gasteiger charge is -2.15. The van der Waals surface area contributed by atoms with Crippen LogP contribution in [0, 0.1) is 0 Å². The molecule has 1 aliphatic heterocycles. The van der Waals surface area contributed by atoms with Crippen molar-refractivity contribution in [2.75, 3.05) is 13.1 Å². The lowest BCUT2D eigenvalue weighted by atomic mass is 10.0. The standard InChI is InChI=1S/C18H19N3/c1-2-11-21(10-1)13-14-4-3-5-15(12-14)16-6-8-19-18-17(16)7-9-20-18/h3-9,12H,1-2,10-11,13H2,(H,19,20). The minimum atomic E-state index is 0.956. The van der Waals surface area contributed by atoms with Crippen LogP contribution in [0.3, 0.4) is 0 Å². The first kappa shape index (κ1) is 12.6. The number of likely N-dealkylation sites (tertiary alicyclic amines) is 1. The molecule has 0 atom stereocenters. The molecule has 1 fully saturated rings. The van der Waals surface area contributed by atoms with Crippen LogP contribution in [-0.2, 0) is 6.54 Å². The third-order valence-corrected chi connectivity index (χ3v) is 4.30. The van der Waals surface area contributed by atoms with Crippen LogP contribution in [0.15, 0.2) is 48.8 Å². The van der Waals surface area contributed by atoms with E-state index >= 15 is 0 Å². The molecule has 1 saturated heterocycles. The zero-order valence-corrected chi connectivity index (χ0v) is 12.0. The summed E-state index contributed by atoms with van der Waals surface area (Å²) in [6, 6.07) is 13.1. The number of hydrogen-bond acceptors (Lipinski definition) is 2. The van der Waals surface area contributed by atoms with Crippen molar-refractivity contribution in [2.24, 2.45) is 0 Å². The lowest BCUT2D eigenvalue weighted by Crippen LogP contribution is -2.18. The molecule has 0 radical (unpaired) electrons. The molecule has 3 nitrogen and oxygen atoms in total. The number of aromatic amines is 1. The molecule has 0 amide bonds. The minimum Gasteiger partial charge on any atom is -0.346 e. The molecule has 3 heteroatoms. The van der Waals surface area contributed by atoms with Crippen LogP contribution in [0.2, 0.25) is 0 Å². The molecule has 1 aromatic carbocycles. The molecule has 0 saturated carbocycles. The topological polar surface area (TPSA) is 31.9 Å². The number of rotatable bonds is 3. The van der Waals surface area contributed by atoms with E-state index in [1.165, 1.54) is 48.0 Å². The monoisotopic (exact) mass is 277 g/mol. The van der Waals surface area contributed by atoms with Crippen molar-refractivity contribution >= 4 is 11.0 Å². The first-order valence-electron chi connectivity index (χ1n) is 7.64. The van der Waals surface area contributed by atoms with Gasteiger partial charge in [0.25, 0.3) is 0 Å². The smallest absolute Gasteiger partial charge is 0.137 e. The van der Waals surface area contributed by atoms with E-state index in [2.05, 4.69) is 51.3 Å². The molecule has 0 spiro atoms. The van der Waals surface area contributed by atoms with Crippen LogP contribution in [-0.4, -0.2) is 28.0 Å².